The van der Waals surface area contributed by atoms with E-state index in [0.717, 1.165) is 0 Å². The van der Waals surface area contributed by atoms with Crippen LogP contribution in [0.25, 0.3) is 0 Å². The molecule has 0 atom stereocenters. The van der Waals surface area contributed by atoms with E-state index in [0.29, 0.717) is 23.8 Å². The molecule has 1 aliphatic heterocycles. The van der Waals surface area contributed by atoms with Gasteiger partial charge in [-0.05, 0) is 0 Å². The summed E-state index contributed by atoms with van der Waals surface area (Å²) in [6.45, 7) is -2.71. The third-order valence-electron chi connectivity index (χ3n) is 3.21. The van der Waals surface area contributed by atoms with Gasteiger partial charge in [0.1, 0.15) is 5.82 Å². The van der Waals surface area contributed by atoms with E-state index in [9.17, 15) is 13.6 Å². The molecule has 1 aromatic rings. The smallest absolute Gasteiger partial charge is 0.319 e. The molecule has 0 unspecified atom stereocenters. The van der Waals surface area contributed by atoms with E-state index in [1.807, 2.05) is 0 Å². The molecule has 0 aromatic carbocycles. The second-order valence-electron chi connectivity index (χ2n) is 4.69. The van der Waals surface area contributed by atoms with Crippen LogP contribution in [0.5, 0.6) is 0 Å². The molecular formula is C13H15F2N5O. The maximum Gasteiger partial charge on any atom is 0.319 e. The number of aromatic nitrogens is 2. The van der Waals surface area contributed by atoms with Gasteiger partial charge in [-0.3, -0.25) is 9.36 Å². The van der Waals surface area contributed by atoms with Gasteiger partial charge in [0.25, 0.3) is 0 Å². The van der Waals surface area contributed by atoms with Crippen molar-refractivity contribution >= 4 is 5.91 Å². The van der Waals surface area contributed by atoms with Gasteiger partial charge in [-0.2, -0.15) is 19.0 Å². The van der Waals surface area contributed by atoms with Crippen molar-refractivity contribution in [2.45, 2.75) is 44.4 Å². The molecule has 0 radical (unpaired) electrons. The van der Waals surface area contributed by atoms with Crippen molar-refractivity contribution in [3.05, 3.63) is 18.2 Å². The van der Waals surface area contributed by atoms with Crippen LogP contribution in [-0.2, 0) is 11.3 Å². The van der Waals surface area contributed by atoms with Crippen LogP contribution < -0.4 is 5.32 Å². The monoisotopic (exact) mass is 295 g/mol. The summed E-state index contributed by atoms with van der Waals surface area (Å²) in [4.78, 5) is 15.5. The summed E-state index contributed by atoms with van der Waals surface area (Å²) in [5.41, 5.74) is -0.509. The van der Waals surface area contributed by atoms with E-state index >= 15 is 0 Å². The van der Waals surface area contributed by atoms with Gasteiger partial charge in [-0.25, -0.2) is 4.98 Å². The number of halogens is 2. The Morgan fingerprint density at radius 3 is 2.86 bits per heavy atom. The zero-order valence-corrected chi connectivity index (χ0v) is 11.3. The van der Waals surface area contributed by atoms with Crippen molar-refractivity contribution < 1.29 is 13.6 Å². The second kappa shape index (κ2) is 6.43. The summed E-state index contributed by atoms with van der Waals surface area (Å²) in [7, 11) is 0. The number of carbonyl (C=O) groups excluding carboxylic acids is 1. The Morgan fingerprint density at radius 2 is 2.24 bits per heavy atom. The minimum Gasteiger partial charge on any atom is -0.349 e. The van der Waals surface area contributed by atoms with E-state index in [1.54, 1.807) is 0 Å². The number of rotatable bonds is 8. The molecule has 6 nitrogen and oxygen atoms in total. The molecule has 112 valence electrons. The normalized spacial score (nSPS) is 15.0. The Labute approximate surface area is 120 Å². The number of carbonyl (C=O) groups is 1. The predicted octanol–water partition coefficient (Wildman–Crippen LogP) is 2.25. The molecule has 8 heteroatoms. The predicted molar refractivity (Wildman–Crippen MR) is 70.2 cm³/mol. The van der Waals surface area contributed by atoms with E-state index in [4.69, 9.17) is 6.42 Å². The molecule has 1 N–H and O–H groups in total. The standard InChI is InChI=1S/C13H15F2N5O/c1-2-3-5-13(18-19-13)6-4-11(21)17-9-10-16-7-8-20(10)12(14)15/h1,7-8,12H,3-6,9H2,(H,17,21). The highest BCUT2D eigenvalue weighted by atomic mass is 19.3. The largest absolute Gasteiger partial charge is 0.349 e. The van der Waals surface area contributed by atoms with Crippen molar-refractivity contribution in [1.82, 2.24) is 14.9 Å². The fraction of sp³-hybridized carbons (Fsp3) is 0.538. The minimum absolute atomic E-state index is 0.0399. The Hall–Kier alpha value is -2.30. The summed E-state index contributed by atoms with van der Waals surface area (Å²) < 4.78 is 25.9. The van der Waals surface area contributed by atoms with Crippen molar-refractivity contribution in [1.29, 1.82) is 0 Å². The van der Waals surface area contributed by atoms with E-state index in [1.165, 1.54) is 12.4 Å². The first-order valence-electron chi connectivity index (χ1n) is 6.50. The van der Waals surface area contributed by atoms with Crippen LogP contribution in [-0.4, -0.2) is 21.1 Å². The first-order valence-corrected chi connectivity index (χ1v) is 6.50. The third kappa shape index (κ3) is 4.08. The lowest BCUT2D eigenvalue weighted by atomic mass is 10.0. The van der Waals surface area contributed by atoms with Gasteiger partial charge in [0.15, 0.2) is 5.66 Å². The van der Waals surface area contributed by atoms with Gasteiger partial charge in [0.05, 0.1) is 6.54 Å². The van der Waals surface area contributed by atoms with Gasteiger partial charge >= 0.3 is 6.55 Å². The van der Waals surface area contributed by atoms with E-state index in [-0.39, 0.29) is 24.7 Å². The highest BCUT2D eigenvalue weighted by Crippen LogP contribution is 2.37. The molecule has 0 bridgehead atoms. The fourth-order valence-corrected chi connectivity index (χ4v) is 1.91. The number of hydrogen-bond donors (Lipinski definition) is 1. The van der Waals surface area contributed by atoms with Gasteiger partial charge in [0.2, 0.25) is 5.91 Å². The molecule has 0 fully saturated rings. The SMILES string of the molecule is C#CCCC1(CCC(=O)NCc2nccn2C(F)F)N=N1. The highest BCUT2D eigenvalue weighted by Gasteiger charge is 2.39. The topological polar surface area (TPSA) is 71.6 Å². The van der Waals surface area contributed by atoms with Gasteiger partial charge in [0, 0.05) is 38.1 Å². The Kier molecular flexibility index (Phi) is 4.62. The van der Waals surface area contributed by atoms with Gasteiger partial charge in [-0.1, -0.05) is 0 Å². The van der Waals surface area contributed by atoms with Crippen LogP contribution >= 0.6 is 0 Å². The lowest BCUT2D eigenvalue weighted by Crippen LogP contribution is -2.26. The van der Waals surface area contributed by atoms with Crippen LogP contribution in [0.4, 0.5) is 8.78 Å². The van der Waals surface area contributed by atoms with Gasteiger partial charge < -0.3 is 5.32 Å². The molecule has 1 amide bonds. The zero-order valence-electron chi connectivity index (χ0n) is 11.3. The minimum atomic E-state index is -2.67. The number of imidazole rings is 1. The Balaban J connectivity index is 1.73. The maximum atomic E-state index is 12.6. The average Bonchev–Trinajstić information content (AvgIpc) is 3.07. The number of nitrogens with zero attached hydrogens (tertiary/aromatic N) is 4. The van der Waals surface area contributed by atoms with Crippen LogP contribution in [0.2, 0.25) is 0 Å². The number of amides is 1. The lowest BCUT2D eigenvalue weighted by Gasteiger charge is -2.10. The van der Waals surface area contributed by atoms with Crippen LogP contribution in [0.3, 0.4) is 0 Å². The zero-order chi connectivity index (χ0) is 15.3. The maximum absolute atomic E-state index is 12.6. The fourth-order valence-electron chi connectivity index (χ4n) is 1.91. The molecular weight excluding hydrogens is 280 g/mol. The summed E-state index contributed by atoms with van der Waals surface area (Å²) in [6, 6.07) is 0. The first kappa shape index (κ1) is 15.1. The molecule has 21 heavy (non-hydrogen) atoms. The summed E-state index contributed by atoms with van der Waals surface area (Å²) in [5.74, 6) is 2.37. The second-order valence-corrected chi connectivity index (χ2v) is 4.69. The number of terminal acetylenes is 1. The van der Waals surface area contributed by atoms with Crippen LogP contribution in [0.15, 0.2) is 22.6 Å². The number of hydrogen-bond acceptors (Lipinski definition) is 4. The van der Waals surface area contributed by atoms with Crippen molar-refractivity contribution in [2.24, 2.45) is 10.2 Å². The highest BCUT2D eigenvalue weighted by molar-refractivity contribution is 5.75. The Morgan fingerprint density at radius 1 is 1.48 bits per heavy atom. The average molecular weight is 295 g/mol. The molecule has 0 aliphatic carbocycles. The van der Waals surface area contributed by atoms with E-state index < -0.39 is 12.2 Å². The third-order valence-corrected chi connectivity index (χ3v) is 3.21. The molecule has 0 saturated carbocycles. The van der Waals surface area contributed by atoms with Crippen molar-refractivity contribution in [2.75, 3.05) is 0 Å². The van der Waals surface area contributed by atoms with E-state index in [2.05, 4.69) is 26.4 Å². The van der Waals surface area contributed by atoms with Crippen LogP contribution in [0, 0.1) is 12.3 Å². The molecule has 0 spiro atoms. The summed E-state index contributed by atoms with van der Waals surface area (Å²) in [5, 5.41) is 10.4. The summed E-state index contributed by atoms with van der Waals surface area (Å²) in [6.07, 6.45) is 9.49. The first-order chi connectivity index (χ1) is 10.1. The molecule has 2 rings (SSSR count). The number of nitrogens with one attached hydrogen (secondary N) is 1. The lowest BCUT2D eigenvalue weighted by molar-refractivity contribution is -0.121. The number of alkyl halides is 2. The molecule has 1 aliphatic rings. The van der Waals surface area contributed by atoms with Crippen molar-refractivity contribution in [3.63, 3.8) is 0 Å². The summed E-state index contributed by atoms with van der Waals surface area (Å²) >= 11 is 0. The molecule has 1 aromatic heterocycles. The molecule has 2 heterocycles. The quantitative estimate of drug-likeness (QED) is 0.747. The van der Waals surface area contributed by atoms with Crippen molar-refractivity contribution in [3.8, 4) is 12.3 Å². The van der Waals surface area contributed by atoms with Crippen LogP contribution in [0.1, 0.15) is 38.1 Å². The van der Waals surface area contributed by atoms with Gasteiger partial charge in [-0.15, -0.1) is 12.3 Å². The molecule has 0 saturated heterocycles. The Bertz CT molecular complexity index is 569.